The molecule has 1 aromatic carbocycles. The summed E-state index contributed by atoms with van der Waals surface area (Å²) in [6.07, 6.45) is 5.91. The molecule has 0 saturated carbocycles. The molecule has 0 radical (unpaired) electrons. The van der Waals surface area contributed by atoms with E-state index >= 15 is 0 Å². The topological polar surface area (TPSA) is 54.5 Å². The van der Waals surface area contributed by atoms with Crippen molar-refractivity contribution in [2.45, 2.75) is 32.2 Å². The van der Waals surface area contributed by atoms with Crippen molar-refractivity contribution < 1.29 is 9.53 Å². The third-order valence-electron chi connectivity index (χ3n) is 4.85. The number of carbonyl (C=O) groups excluding carboxylic acids is 1. The van der Waals surface area contributed by atoms with E-state index in [2.05, 4.69) is 22.2 Å². The highest BCUT2D eigenvalue weighted by Gasteiger charge is 2.18. The molecule has 1 saturated heterocycles. The van der Waals surface area contributed by atoms with E-state index in [0.717, 1.165) is 34.2 Å². The first kappa shape index (κ1) is 18.9. The average molecular weight is 374 g/mol. The van der Waals surface area contributed by atoms with E-state index in [0.29, 0.717) is 18.9 Å². The highest BCUT2D eigenvalue weighted by atomic mass is 32.1. The zero-order chi connectivity index (χ0) is 18.4. The normalized spacial score (nSPS) is 17.8. The molecule has 1 N–H and O–H groups in total. The Balaban J connectivity index is 1.48. The van der Waals surface area contributed by atoms with Crippen molar-refractivity contribution in [3.8, 4) is 16.3 Å². The number of hydrogen-bond donors (Lipinski definition) is 1. The standard InChI is InChI=1S/C20H27N3O2S/c1-23-11-5-6-15(14-23)9-10-19(24)21-12-16-13-22-20(26-16)17-7-3-4-8-18(17)25-2/h3-4,7-8,13,15H,5-6,9-12,14H2,1-2H3,(H,21,24)/t15-/m0/s1. The van der Waals surface area contributed by atoms with Gasteiger partial charge in [-0.2, -0.15) is 0 Å². The molecule has 0 aliphatic carbocycles. The molecular weight excluding hydrogens is 346 g/mol. The van der Waals surface area contributed by atoms with Gasteiger partial charge in [0.2, 0.25) is 5.91 Å². The van der Waals surface area contributed by atoms with Gasteiger partial charge in [0.15, 0.2) is 0 Å². The summed E-state index contributed by atoms with van der Waals surface area (Å²) >= 11 is 1.59. The summed E-state index contributed by atoms with van der Waals surface area (Å²) < 4.78 is 5.40. The maximum atomic E-state index is 12.2. The van der Waals surface area contributed by atoms with Gasteiger partial charge < -0.3 is 15.0 Å². The number of methoxy groups -OCH3 is 1. The van der Waals surface area contributed by atoms with Crippen LogP contribution in [0.3, 0.4) is 0 Å². The molecule has 1 amide bonds. The zero-order valence-electron chi connectivity index (χ0n) is 15.5. The molecule has 0 unspecified atom stereocenters. The van der Waals surface area contributed by atoms with Crippen LogP contribution in [0.5, 0.6) is 5.75 Å². The number of nitrogens with zero attached hydrogens (tertiary/aromatic N) is 2. The van der Waals surface area contributed by atoms with Crippen molar-refractivity contribution in [3.63, 3.8) is 0 Å². The molecule has 2 aromatic rings. The molecule has 3 rings (SSSR count). The van der Waals surface area contributed by atoms with Gasteiger partial charge >= 0.3 is 0 Å². The minimum absolute atomic E-state index is 0.130. The van der Waals surface area contributed by atoms with Crippen LogP contribution in [0.25, 0.3) is 10.6 Å². The lowest BCUT2D eigenvalue weighted by atomic mass is 9.93. The Bertz CT molecular complexity index is 731. The monoisotopic (exact) mass is 373 g/mol. The summed E-state index contributed by atoms with van der Waals surface area (Å²) in [5.41, 5.74) is 0.985. The minimum atomic E-state index is 0.130. The second-order valence-corrected chi connectivity index (χ2v) is 8.03. The average Bonchev–Trinajstić information content (AvgIpc) is 3.13. The fourth-order valence-electron chi connectivity index (χ4n) is 3.45. The number of para-hydroxylation sites is 1. The maximum absolute atomic E-state index is 12.2. The number of piperidine rings is 1. The van der Waals surface area contributed by atoms with Crippen LogP contribution in [0.4, 0.5) is 0 Å². The fourth-order valence-corrected chi connectivity index (χ4v) is 4.34. The molecule has 26 heavy (non-hydrogen) atoms. The van der Waals surface area contributed by atoms with Crippen LogP contribution < -0.4 is 10.1 Å². The van der Waals surface area contributed by atoms with E-state index in [-0.39, 0.29) is 5.91 Å². The second kappa shape index (κ2) is 9.14. The molecule has 0 spiro atoms. The second-order valence-electron chi connectivity index (χ2n) is 6.92. The number of aromatic nitrogens is 1. The lowest BCUT2D eigenvalue weighted by Crippen LogP contribution is -2.33. The highest BCUT2D eigenvalue weighted by Crippen LogP contribution is 2.32. The van der Waals surface area contributed by atoms with Gasteiger partial charge in [-0.25, -0.2) is 4.98 Å². The Morgan fingerprint density at radius 3 is 3.08 bits per heavy atom. The molecule has 5 nitrogen and oxygen atoms in total. The van der Waals surface area contributed by atoms with E-state index in [1.54, 1.807) is 18.4 Å². The summed E-state index contributed by atoms with van der Waals surface area (Å²) in [4.78, 5) is 20.1. The number of benzene rings is 1. The summed E-state index contributed by atoms with van der Waals surface area (Å²) in [6.45, 7) is 2.84. The Labute approximate surface area is 159 Å². The van der Waals surface area contributed by atoms with Crippen LogP contribution in [0.2, 0.25) is 0 Å². The molecule has 1 aliphatic rings. The van der Waals surface area contributed by atoms with Gasteiger partial charge in [0, 0.05) is 24.0 Å². The molecular formula is C20H27N3O2S. The quantitative estimate of drug-likeness (QED) is 0.806. The Kier molecular flexibility index (Phi) is 6.63. The van der Waals surface area contributed by atoms with Crippen molar-refractivity contribution in [1.29, 1.82) is 0 Å². The maximum Gasteiger partial charge on any atom is 0.220 e. The van der Waals surface area contributed by atoms with Crippen molar-refractivity contribution >= 4 is 17.2 Å². The number of ether oxygens (including phenoxy) is 1. The number of amides is 1. The van der Waals surface area contributed by atoms with Crippen LogP contribution in [-0.4, -0.2) is 43.0 Å². The predicted molar refractivity (Wildman–Crippen MR) is 105 cm³/mol. The number of nitrogens with one attached hydrogen (secondary N) is 1. The van der Waals surface area contributed by atoms with Crippen molar-refractivity contribution in [2.75, 3.05) is 27.2 Å². The number of carbonyl (C=O) groups is 1. The van der Waals surface area contributed by atoms with Gasteiger partial charge in [-0.15, -0.1) is 11.3 Å². The number of thiazole rings is 1. The number of rotatable bonds is 7. The van der Waals surface area contributed by atoms with Gasteiger partial charge in [0.05, 0.1) is 19.2 Å². The van der Waals surface area contributed by atoms with Crippen LogP contribution in [0.15, 0.2) is 30.5 Å². The summed E-state index contributed by atoms with van der Waals surface area (Å²) in [5, 5.41) is 3.94. The first-order valence-corrected chi connectivity index (χ1v) is 10.0. The van der Waals surface area contributed by atoms with E-state index in [9.17, 15) is 4.79 Å². The third kappa shape index (κ3) is 5.05. The van der Waals surface area contributed by atoms with E-state index < -0.39 is 0 Å². The summed E-state index contributed by atoms with van der Waals surface area (Å²) in [7, 11) is 3.83. The number of hydrogen-bond acceptors (Lipinski definition) is 5. The van der Waals surface area contributed by atoms with Crippen molar-refractivity contribution in [2.24, 2.45) is 5.92 Å². The minimum Gasteiger partial charge on any atom is -0.496 e. The lowest BCUT2D eigenvalue weighted by molar-refractivity contribution is -0.121. The molecule has 140 valence electrons. The molecule has 1 aromatic heterocycles. The Morgan fingerprint density at radius 1 is 1.42 bits per heavy atom. The highest BCUT2D eigenvalue weighted by molar-refractivity contribution is 7.15. The van der Waals surface area contributed by atoms with Gasteiger partial charge in [-0.05, 0) is 50.9 Å². The summed E-state index contributed by atoms with van der Waals surface area (Å²) in [5.74, 6) is 1.60. The Hall–Kier alpha value is -1.92. The lowest BCUT2D eigenvalue weighted by Gasteiger charge is -2.29. The van der Waals surface area contributed by atoms with Gasteiger partial charge in [0.25, 0.3) is 0 Å². The molecule has 1 fully saturated rings. The van der Waals surface area contributed by atoms with Crippen LogP contribution >= 0.6 is 11.3 Å². The van der Waals surface area contributed by atoms with E-state index in [4.69, 9.17) is 4.74 Å². The molecule has 0 bridgehead atoms. The smallest absolute Gasteiger partial charge is 0.220 e. The number of likely N-dealkylation sites (tertiary alicyclic amines) is 1. The molecule has 1 aliphatic heterocycles. The molecule has 2 heterocycles. The van der Waals surface area contributed by atoms with Gasteiger partial charge in [-0.1, -0.05) is 12.1 Å². The largest absolute Gasteiger partial charge is 0.496 e. The predicted octanol–water partition coefficient (Wildman–Crippen LogP) is 3.56. The van der Waals surface area contributed by atoms with E-state index in [1.165, 1.54) is 19.4 Å². The molecule has 6 heteroatoms. The first-order valence-electron chi connectivity index (χ1n) is 9.19. The van der Waals surface area contributed by atoms with Crippen LogP contribution in [0, 0.1) is 5.92 Å². The SMILES string of the molecule is COc1ccccc1-c1ncc(CNC(=O)CC[C@@H]2CCCN(C)C2)s1. The van der Waals surface area contributed by atoms with Crippen molar-refractivity contribution in [3.05, 3.63) is 35.3 Å². The molecule has 1 atom stereocenters. The van der Waals surface area contributed by atoms with Gasteiger partial charge in [0.1, 0.15) is 10.8 Å². The van der Waals surface area contributed by atoms with Crippen LogP contribution in [0.1, 0.15) is 30.6 Å². The van der Waals surface area contributed by atoms with Crippen molar-refractivity contribution in [1.82, 2.24) is 15.2 Å². The first-order chi connectivity index (χ1) is 12.7. The van der Waals surface area contributed by atoms with E-state index in [1.807, 2.05) is 30.5 Å². The third-order valence-corrected chi connectivity index (χ3v) is 5.88. The zero-order valence-corrected chi connectivity index (χ0v) is 16.3. The Morgan fingerprint density at radius 2 is 2.27 bits per heavy atom. The van der Waals surface area contributed by atoms with Gasteiger partial charge in [-0.3, -0.25) is 4.79 Å². The fraction of sp³-hybridized carbons (Fsp3) is 0.500. The summed E-state index contributed by atoms with van der Waals surface area (Å²) in [6, 6.07) is 7.85. The van der Waals surface area contributed by atoms with Crippen LogP contribution in [-0.2, 0) is 11.3 Å².